The Hall–Kier alpha value is -2.99. The maximum Gasteiger partial charge on any atom is 0.338 e. The Kier molecular flexibility index (Phi) is 15.3. The van der Waals surface area contributed by atoms with Crippen molar-refractivity contribution in [1.29, 1.82) is 0 Å². The summed E-state index contributed by atoms with van der Waals surface area (Å²) >= 11 is 0. The highest BCUT2D eigenvalue weighted by Gasteiger charge is 2.91. The molecule has 1 aromatic rings. The van der Waals surface area contributed by atoms with Crippen LogP contribution in [0.5, 0.6) is 0 Å². The number of epoxide rings is 1. The Bertz CT molecular complexity index is 2160. The minimum atomic E-state index is -1.67. The van der Waals surface area contributed by atoms with Crippen molar-refractivity contribution in [2.45, 2.75) is 215 Å². The molecule has 0 aromatic heterocycles. The number of fused-ring (bicyclic) bond motifs is 2. The third-order valence-electron chi connectivity index (χ3n) is 18.6. The lowest BCUT2D eigenvalue weighted by Gasteiger charge is -2.61. The van der Waals surface area contributed by atoms with E-state index in [4.69, 9.17) is 52.1 Å². The van der Waals surface area contributed by atoms with Crippen LogP contribution in [0.2, 0.25) is 0 Å². The zero-order chi connectivity index (χ0) is 51.8. The van der Waals surface area contributed by atoms with Crippen molar-refractivity contribution in [2.24, 2.45) is 28.6 Å². The summed E-state index contributed by atoms with van der Waals surface area (Å²) in [5, 5.41) is 52.5. The van der Waals surface area contributed by atoms with Gasteiger partial charge in [-0.05, 0) is 103 Å². The van der Waals surface area contributed by atoms with Gasteiger partial charge in [0.25, 0.3) is 0 Å². The molecule has 19 nitrogen and oxygen atoms in total. The molecule has 0 radical (unpaired) electrons. The molecule has 4 saturated heterocycles. The smallest absolute Gasteiger partial charge is 0.338 e. The van der Waals surface area contributed by atoms with Gasteiger partial charge in [0.15, 0.2) is 18.9 Å². The van der Waals surface area contributed by atoms with Crippen LogP contribution in [0.4, 0.5) is 0 Å². The average Bonchev–Trinajstić information content (AvgIpc) is 3.91. The molecule has 0 amide bonds. The summed E-state index contributed by atoms with van der Waals surface area (Å²) in [6.45, 7) is 12.2. The minimum Gasteiger partial charge on any atom is -0.454 e. The van der Waals surface area contributed by atoms with Gasteiger partial charge in [0.2, 0.25) is 0 Å². The van der Waals surface area contributed by atoms with Crippen LogP contribution in [0.1, 0.15) is 110 Å². The third-order valence-corrected chi connectivity index (χ3v) is 18.6. The van der Waals surface area contributed by atoms with E-state index in [1.165, 1.54) is 7.11 Å². The molecule has 0 unspecified atom stereocenters. The van der Waals surface area contributed by atoms with Gasteiger partial charge in [-0.3, -0.25) is 4.79 Å². The van der Waals surface area contributed by atoms with E-state index >= 15 is 0 Å². The number of esters is 2. The first-order valence-corrected chi connectivity index (χ1v) is 25.9. The van der Waals surface area contributed by atoms with Crippen LogP contribution in [0.15, 0.2) is 42.0 Å². The average molecular weight is 1020 g/mol. The molecule has 9 rings (SSSR count). The fourth-order valence-corrected chi connectivity index (χ4v) is 14.7. The second-order valence-corrected chi connectivity index (χ2v) is 22.2. The molecule has 4 aliphatic heterocycles. The predicted molar refractivity (Wildman–Crippen MR) is 250 cm³/mol. The largest absolute Gasteiger partial charge is 0.454 e. The first-order chi connectivity index (χ1) is 34.2. The maximum absolute atomic E-state index is 14.3. The van der Waals surface area contributed by atoms with Gasteiger partial charge < -0.3 is 77.6 Å². The molecule has 4 saturated carbocycles. The van der Waals surface area contributed by atoms with Crippen molar-refractivity contribution in [3.63, 3.8) is 0 Å². The minimum absolute atomic E-state index is 0.00801. The van der Waals surface area contributed by atoms with E-state index in [1.54, 1.807) is 65.1 Å². The summed E-state index contributed by atoms with van der Waals surface area (Å²) < 4.78 is 69.7. The first kappa shape index (κ1) is 53.8. The van der Waals surface area contributed by atoms with E-state index in [0.717, 1.165) is 6.42 Å². The fourth-order valence-electron chi connectivity index (χ4n) is 14.7. The van der Waals surface area contributed by atoms with Crippen molar-refractivity contribution in [3.8, 4) is 0 Å². The zero-order valence-corrected chi connectivity index (χ0v) is 42.8. The number of hydrogen-bond acceptors (Lipinski definition) is 19. The maximum atomic E-state index is 14.3. The van der Waals surface area contributed by atoms with E-state index in [1.807, 2.05) is 19.9 Å². The highest BCUT2D eigenvalue weighted by molar-refractivity contribution is 5.90. The molecule has 19 heteroatoms. The number of allylic oxidation sites excluding steroid dienone is 1. The van der Waals surface area contributed by atoms with Crippen molar-refractivity contribution in [3.05, 3.63) is 47.5 Å². The predicted octanol–water partition coefficient (Wildman–Crippen LogP) is 3.06. The van der Waals surface area contributed by atoms with Gasteiger partial charge in [-0.2, -0.15) is 0 Å². The number of methoxy groups -OCH3 is 2. The topological polar surface area (TPSA) is 257 Å². The molecule has 72 heavy (non-hydrogen) atoms. The molecule has 4 aliphatic carbocycles. The zero-order valence-electron chi connectivity index (χ0n) is 42.8. The van der Waals surface area contributed by atoms with E-state index < -0.39 is 145 Å². The number of Topliss-reactive ketones (excluding diaryl/α,β-unsaturated/α-hetero) is 1. The number of ketones is 1. The quantitative estimate of drug-likeness (QED) is 0.0777. The molecule has 2 spiro atoms. The van der Waals surface area contributed by atoms with E-state index in [0.29, 0.717) is 56.1 Å². The second-order valence-electron chi connectivity index (χ2n) is 22.2. The van der Waals surface area contributed by atoms with Crippen LogP contribution in [0.25, 0.3) is 0 Å². The van der Waals surface area contributed by atoms with Crippen molar-refractivity contribution < 1.29 is 92.0 Å². The lowest BCUT2D eigenvalue weighted by Crippen LogP contribution is -2.70. The number of aliphatic hydroxyl groups is 5. The number of hydrogen-bond donors (Lipinski definition) is 5. The van der Waals surface area contributed by atoms with E-state index in [9.17, 15) is 39.9 Å². The number of aliphatic hydroxyl groups excluding tert-OH is 5. The third kappa shape index (κ3) is 8.72. The van der Waals surface area contributed by atoms with Crippen molar-refractivity contribution >= 4 is 17.7 Å². The fraction of sp³-hybridized carbons (Fsp3) is 0.792. The molecule has 402 valence electrons. The Labute approximate surface area is 421 Å². The normalized spacial score (nSPS) is 48.8. The Morgan fingerprint density at radius 2 is 1.44 bits per heavy atom. The molecule has 4 heterocycles. The summed E-state index contributed by atoms with van der Waals surface area (Å²) in [4.78, 5) is 41.8. The number of carbonyl (C=O) groups is 3. The van der Waals surface area contributed by atoms with Gasteiger partial charge in [0.1, 0.15) is 78.0 Å². The molecular formula is C53H76O19. The summed E-state index contributed by atoms with van der Waals surface area (Å²) in [6, 6.07) is 8.80. The number of rotatable bonds is 14. The SMILES string of the molecule is C/C=C(\C)C(=O)O[C@@H]1[C@@H](OC(=O)c2ccccc2)[C@@H]2[C@@]3(C)CC[C@H](O[C@H]4C[C@@H](OC)[C@H](O[C@@H]5O[C@H](C)[C@@H](O[C@@H]6O[C@H](CO)[C@@H](O)[C@H](O)[C@H]6O)[C@@H](OC)[C@H]5O)[C@@H](C)O4)C[C@@H]3CC[C@]23O[C@@]32CC[C@@H](C(C)=O)[C@@]12C. The summed E-state index contributed by atoms with van der Waals surface area (Å²) in [6.07, 6.45) is -11.0. The Balaban J connectivity index is 0.899. The number of carbonyl (C=O) groups excluding carboxylic acids is 3. The number of benzene rings is 1. The Morgan fingerprint density at radius 3 is 2.11 bits per heavy atom. The van der Waals surface area contributed by atoms with Crippen LogP contribution >= 0.6 is 0 Å². The van der Waals surface area contributed by atoms with Crippen LogP contribution in [0.3, 0.4) is 0 Å². The van der Waals surface area contributed by atoms with Crippen molar-refractivity contribution in [2.75, 3.05) is 20.8 Å². The van der Waals surface area contributed by atoms with Crippen LogP contribution in [-0.2, 0) is 61.7 Å². The van der Waals surface area contributed by atoms with Crippen LogP contribution in [0, 0.1) is 28.6 Å². The van der Waals surface area contributed by atoms with E-state index in [2.05, 4.69) is 6.92 Å². The van der Waals surface area contributed by atoms with Gasteiger partial charge in [0.05, 0.1) is 36.6 Å². The number of ether oxygens (including phenoxy) is 11. The lowest BCUT2D eigenvalue weighted by molar-refractivity contribution is -0.371. The molecule has 8 aliphatic rings. The monoisotopic (exact) mass is 1020 g/mol. The van der Waals surface area contributed by atoms with Gasteiger partial charge >= 0.3 is 11.9 Å². The van der Waals surface area contributed by atoms with Crippen LogP contribution < -0.4 is 0 Å². The molecule has 5 N–H and O–H groups in total. The highest BCUT2D eigenvalue weighted by atomic mass is 16.8. The van der Waals surface area contributed by atoms with E-state index in [-0.39, 0.29) is 23.7 Å². The molecular weight excluding hydrogens is 941 g/mol. The second kappa shape index (κ2) is 20.5. The van der Waals surface area contributed by atoms with Gasteiger partial charge in [-0.25, -0.2) is 9.59 Å². The van der Waals surface area contributed by atoms with Crippen molar-refractivity contribution in [1.82, 2.24) is 0 Å². The molecule has 1 aromatic carbocycles. The summed E-state index contributed by atoms with van der Waals surface area (Å²) in [5.74, 6) is -1.81. The van der Waals surface area contributed by atoms with Gasteiger partial charge in [-0.1, -0.05) is 38.1 Å². The molecule has 8 fully saturated rings. The summed E-state index contributed by atoms with van der Waals surface area (Å²) in [7, 11) is 2.94. The molecule has 0 bridgehead atoms. The summed E-state index contributed by atoms with van der Waals surface area (Å²) in [5.41, 5.74) is -2.09. The van der Waals surface area contributed by atoms with Gasteiger partial charge in [0, 0.05) is 43.5 Å². The van der Waals surface area contributed by atoms with Crippen LogP contribution in [-0.4, -0.2) is 180 Å². The first-order valence-electron chi connectivity index (χ1n) is 25.9. The standard InChI is InChI=1S/C53H76O19/c1-10-25(2)46(60)71-45-43(68-47(61)29-14-12-11-13-15-29)44-50(6)19-17-31(22-30(50)16-20-52(44)53(72-52)21-18-32(26(3)55)51(45,53)7)66-35-23-33(62-8)40(27(4)64-35)69-49-39(59)42(63-9)41(28(5)65-49)70-48-38(58)37(57)36(56)34(24-54)67-48/h10-15,27-28,30-45,48-49,54,56-59H,16-24H2,1-9H3/b25-10+/t27-,28-,30+,31+,32+,33-,34-,35+,36-,37+,38-,39-,40-,41-,42+,43+,44-,45-,48+,49+,50+,51+,52+,53-/m1/s1. The molecule has 24 atom stereocenters. The van der Waals surface area contributed by atoms with Gasteiger partial charge in [-0.15, -0.1) is 0 Å². The lowest BCUT2D eigenvalue weighted by atomic mass is 9.43. The Morgan fingerprint density at radius 1 is 0.750 bits per heavy atom. The highest BCUT2D eigenvalue weighted by Crippen LogP contribution is 2.81.